The van der Waals surface area contributed by atoms with E-state index in [1.54, 1.807) is 24.2 Å². The number of esters is 1. The third kappa shape index (κ3) is 4.41. The molecule has 0 spiro atoms. The van der Waals surface area contributed by atoms with Crippen molar-refractivity contribution < 1.29 is 23.5 Å². The zero-order valence-corrected chi connectivity index (χ0v) is 19.4. The number of fused-ring (bicyclic) bond motifs is 3. The van der Waals surface area contributed by atoms with Gasteiger partial charge in [-0.2, -0.15) is 0 Å². The van der Waals surface area contributed by atoms with Gasteiger partial charge in [0.2, 0.25) is 5.91 Å². The monoisotopic (exact) mass is 464 g/mol. The van der Waals surface area contributed by atoms with Crippen molar-refractivity contribution in [3.63, 3.8) is 0 Å². The molecule has 4 rings (SSSR count). The molecule has 2 aromatic heterocycles. The number of urea groups is 1. The van der Waals surface area contributed by atoms with Gasteiger partial charge in [-0.3, -0.25) is 14.5 Å². The quantitative estimate of drug-likeness (QED) is 0.540. The van der Waals surface area contributed by atoms with Gasteiger partial charge in [0.05, 0.1) is 29.9 Å². The van der Waals surface area contributed by atoms with Crippen LogP contribution in [0.15, 0.2) is 65.4 Å². The topological polar surface area (TPSA) is 97.0 Å². The summed E-state index contributed by atoms with van der Waals surface area (Å²) < 4.78 is 12.6. The standard InChI is InChI=1S/C25H28N4O5/c1-4-33-23(31)15-26-25(32)28(17(2)3)16-22(30)29-19-10-6-5-9-18(19)27-13-7-11-20(27)24(29)21-12-8-14-34-21/h5-14,17,24H,4,15-16H2,1-3H3,(H,26,32). The summed E-state index contributed by atoms with van der Waals surface area (Å²) in [5, 5.41) is 2.55. The summed E-state index contributed by atoms with van der Waals surface area (Å²) in [6.45, 7) is 5.11. The van der Waals surface area contributed by atoms with Crippen molar-refractivity contribution in [2.45, 2.75) is 32.9 Å². The highest BCUT2D eigenvalue weighted by Crippen LogP contribution is 2.42. The number of carbonyl (C=O) groups is 3. The average molecular weight is 465 g/mol. The second kappa shape index (κ2) is 9.86. The molecule has 0 radical (unpaired) electrons. The van der Waals surface area contributed by atoms with Crippen molar-refractivity contribution in [3.8, 4) is 5.69 Å². The number of aromatic nitrogens is 1. The van der Waals surface area contributed by atoms with E-state index < -0.39 is 18.0 Å². The largest absolute Gasteiger partial charge is 0.467 e. The Morgan fingerprint density at radius 2 is 1.85 bits per heavy atom. The van der Waals surface area contributed by atoms with Crippen LogP contribution in [-0.2, 0) is 14.3 Å². The molecular weight excluding hydrogens is 436 g/mol. The number of furan rings is 1. The Bertz CT molecular complexity index is 1170. The summed E-state index contributed by atoms with van der Waals surface area (Å²) in [4.78, 5) is 41.4. The van der Waals surface area contributed by atoms with E-state index in [0.717, 1.165) is 11.4 Å². The molecule has 0 saturated carbocycles. The van der Waals surface area contributed by atoms with E-state index in [2.05, 4.69) is 5.32 Å². The Morgan fingerprint density at radius 1 is 1.09 bits per heavy atom. The number of para-hydroxylation sites is 2. The lowest BCUT2D eigenvalue weighted by Crippen LogP contribution is -2.52. The molecular formula is C25H28N4O5. The van der Waals surface area contributed by atoms with Gasteiger partial charge in [0.25, 0.3) is 0 Å². The van der Waals surface area contributed by atoms with E-state index in [4.69, 9.17) is 9.15 Å². The summed E-state index contributed by atoms with van der Waals surface area (Å²) in [6.07, 6.45) is 3.53. The summed E-state index contributed by atoms with van der Waals surface area (Å²) in [6, 6.07) is 13.8. The van der Waals surface area contributed by atoms with Crippen LogP contribution in [-0.4, -0.2) is 53.1 Å². The van der Waals surface area contributed by atoms with Crippen LogP contribution in [0.5, 0.6) is 0 Å². The number of benzene rings is 1. The van der Waals surface area contributed by atoms with Gasteiger partial charge in [-0.25, -0.2) is 4.79 Å². The van der Waals surface area contributed by atoms with E-state index in [-0.39, 0.29) is 31.6 Å². The van der Waals surface area contributed by atoms with Crippen LogP contribution in [0.4, 0.5) is 10.5 Å². The predicted molar refractivity (Wildman–Crippen MR) is 126 cm³/mol. The number of hydrogen-bond acceptors (Lipinski definition) is 5. The highest BCUT2D eigenvalue weighted by atomic mass is 16.5. The minimum atomic E-state index is -0.533. The Hall–Kier alpha value is -4.01. The lowest BCUT2D eigenvalue weighted by molar-refractivity contribution is -0.141. The molecule has 0 saturated heterocycles. The molecule has 34 heavy (non-hydrogen) atoms. The molecule has 9 heteroatoms. The molecule has 178 valence electrons. The fourth-order valence-corrected chi connectivity index (χ4v) is 4.15. The first-order valence-electron chi connectivity index (χ1n) is 11.2. The zero-order chi connectivity index (χ0) is 24.2. The SMILES string of the molecule is CCOC(=O)CNC(=O)N(CC(=O)N1c2ccccc2-n2cccc2C1c1ccco1)C(C)C. The second-order valence-corrected chi connectivity index (χ2v) is 8.16. The van der Waals surface area contributed by atoms with E-state index in [1.807, 2.05) is 67.1 Å². The molecule has 1 aliphatic heterocycles. The molecule has 1 aromatic carbocycles. The van der Waals surface area contributed by atoms with E-state index >= 15 is 0 Å². The molecule has 9 nitrogen and oxygen atoms in total. The van der Waals surface area contributed by atoms with Crippen molar-refractivity contribution in [1.29, 1.82) is 0 Å². The predicted octanol–water partition coefficient (Wildman–Crippen LogP) is 3.49. The van der Waals surface area contributed by atoms with Crippen molar-refractivity contribution in [2.24, 2.45) is 0 Å². The molecule has 1 N–H and O–H groups in total. The first-order valence-corrected chi connectivity index (χ1v) is 11.2. The maximum Gasteiger partial charge on any atom is 0.325 e. The van der Waals surface area contributed by atoms with E-state index in [9.17, 15) is 14.4 Å². The maximum atomic E-state index is 13.8. The minimum absolute atomic E-state index is 0.182. The highest BCUT2D eigenvalue weighted by molar-refractivity contribution is 6.00. The van der Waals surface area contributed by atoms with Crippen molar-refractivity contribution >= 4 is 23.6 Å². The lowest BCUT2D eigenvalue weighted by Gasteiger charge is -2.38. The zero-order valence-electron chi connectivity index (χ0n) is 19.4. The fourth-order valence-electron chi connectivity index (χ4n) is 4.15. The number of carbonyl (C=O) groups excluding carboxylic acids is 3. The fraction of sp³-hybridized carbons (Fsp3) is 0.320. The van der Waals surface area contributed by atoms with Crippen molar-refractivity contribution in [1.82, 2.24) is 14.8 Å². The van der Waals surface area contributed by atoms with E-state index in [1.165, 1.54) is 4.90 Å². The second-order valence-electron chi connectivity index (χ2n) is 8.16. The van der Waals surface area contributed by atoms with Gasteiger partial charge in [0, 0.05) is 12.2 Å². The number of rotatable bonds is 7. The van der Waals surface area contributed by atoms with Gasteiger partial charge in [0.1, 0.15) is 24.9 Å². The minimum Gasteiger partial charge on any atom is -0.467 e. The number of anilines is 1. The lowest BCUT2D eigenvalue weighted by atomic mass is 10.0. The normalized spacial score (nSPS) is 14.4. The summed E-state index contributed by atoms with van der Waals surface area (Å²) in [5.74, 6) is -0.193. The molecule has 3 aromatic rings. The molecule has 1 unspecified atom stereocenters. The third-order valence-electron chi connectivity index (χ3n) is 5.68. The number of nitrogens with zero attached hydrogens (tertiary/aromatic N) is 3. The molecule has 0 aliphatic carbocycles. The van der Waals surface area contributed by atoms with Gasteiger partial charge in [0.15, 0.2) is 0 Å². The van der Waals surface area contributed by atoms with Crippen LogP contribution >= 0.6 is 0 Å². The van der Waals surface area contributed by atoms with Gasteiger partial charge >= 0.3 is 12.0 Å². The maximum absolute atomic E-state index is 13.8. The highest BCUT2D eigenvalue weighted by Gasteiger charge is 2.38. The van der Waals surface area contributed by atoms with Crippen molar-refractivity contribution in [2.75, 3.05) is 24.6 Å². The summed E-state index contributed by atoms with van der Waals surface area (Å²) >= 11 is 0. The van der Waals surface area contributed by atoms with E-state index in [0.29, 0.717) is 11.4 Å². The molecule has 3 amide bonds. The first-order chi connectivity index (χ1) is 16.4. The summed E-state index contributed by atoms with van der Waals surface area (Å²) in [7, 11) is 0. The molecule has 1 atom stereocenters. The molecule has 3 heterocycles. The Kier molecular flexibility index (Phi) is 6.72. The van der Waals surface area contributed by atoms with Gasteiger partial charge in [-0.05, 0) is 57.2 Å². The molecule has 1 aliphatic rings. The number of hydrogen-bond donors (Lipinski definition) is 1. The molecule has 0 fully saturated rings. The number of ether oxygens (including phenoxy) is 1. The van der Waals surface area contributed by atoms with Gasteiger partial charge in [-0.15, -0.1) is 0 Å². The van der Waals surface area contributed by atoms with Crippen LogP contribution in [0, 0.1) is 0 Å². The van der Waals surface area contributed by atoms with Crippen LogP contribution in [0.2, 0.25) is 0 Å². The average Bonchev–Trinajstić information content (AvgIpc) is 3.52. The van der Waals surface area contributed by atoms with Crippen molar-refractivity contribution in [3.05, 3.63) is 72.4 Å². The van der Waals surface area contributed by atoms with Crippen LogP contribution < -0.4 is 10.2 Å². The van der Waals surface area contributed by atoms with Crippen LogP contribution in [0.25, 0.3) is 5.69 Å². The van der Waals surface area contributed by atoms with Gasteiger partial charge < -0.3 is 23.9 Å². The number of amides is 3. The summed E-state index contributed by atoms with van der Waals surface area (Å²) in [5.41, 5.74) is 2.46. The van der Waals surface area contributed by atoms with Crippen LogP contribution in [0.1, 0.15) is 38.3 Å². The van der Waals surface area contributed by atoms with Crippen LogP contribution in [0.3, 0.4) is 0 Å². The first kappa shape index (κ1) is 23.2. The smallest absolute Gasteiger partial charge is 0.325 e. The Labute approximate surface area is 197 Å². The number of nitrogens with one attached hydrogen (secondary N) is 1. The third-order valence-corrected chi connectivity index (χ3v) is 5.68. The Morgan fingerprint density at radius 3 is 2.53 bits per heavy atom. The molecule has 0 bridgehead atoms. The van der Waals surface area contributed by atoms with Gasteiger partial charge in [-0.1, -0.05) is 12.1 Å². The Balaban J connectivity index is 1.65.